The van der Waals surface area contributed by atoms with Crippen molar-refractivity contribution in [3.05, 3.63) is 63.1 Å². The first-order valence-electron chi connectivity index (χ1n) is 9.85. The summed E-state index contributed by atoms with van der Waals surface area (Å²) in [7, 11) is -2.31. The molecule has 0 aliphatic rings. The zero-order chi connectivity index (χ0) is 24.2. The van der Waals surface area contributed by atoms with Gasteiger partial charge in [-0.2, -0.15) is 0 Å². The van der Waals surface area contributed by atoms with Crippen molar-refractivity contribution < 1.29 is 18.0 Å². The molecule has 0 saturated carbocycles. The molecule has 0 heterocycles. The maximum Gasteiger partial charge on any atom is 0.244 e. The fourth-order valence-electron chi connectivity index (χ4n) is 3.12. The van der Waals surface area contributed by atoms with Gasteiger partial charge in [0, 0.05) is 23.6 Å². The van der Waals surface area contributed by atoms with Gasteiger partial charge in [-0.15, -0.1) is 0 Å². The van der Waals surface area contributed by atoms with Crippen LogP contribution in [0.15, 0.2) is 36.4 Å². The van der Waals surface area contributed by atoms with Crippen molar-refractivity contribution >= 4 is 50.7 Å². The molecule has 0 aliphatic heterocycles. The van der Waals surface area contributed by atoms with E-state index in [2.05, 4.69) is 5.32 Å². The summed E-state index contributed by atoms with van der Waals surface area (Å²) >= 11 is 12.2. The van der Waals surface area contributed by atoms with Crippen molar-refractivity contribution in [1.82, 2.24) is 10.2 Å². The lowest BCUT2D eigenvalue weighted by molar-refractivity contribution is -0.139. The highest BCUT2D eigenvalue weighted by molar-refractivity contribution is 7.92. The van der Waals surface area contributed by atoms with Crippen LogP contribution in [0.4, 0.5) is 5.69 Å². The van der Waals surface area contributed by atoms with Crippen LogP contribution in [0, 0.1) is 13.8 Å². The molecule has 32 heavy (non-hydrogen) atoms. The Hall–Kier alpha value is -2.29. The van der Waals surface area contributed by atoms with Gasteiger partial charge in [-0.25, -0.2) is 8.42 Å². The minimum absolute atomic E-state index is 0.00789. The van der Waals surface area contributed by atoms with Gasteiger partial charge in [0.05, 0.1) is 11.9 Å². The fourth-order valence-corrected chi connectivity index (χ4v) is 4.43. The fraction of sp³-hybridized carbons (Fsp3) is 0.364. The quantitative estimate of drug-likeness (QED) is 0.601. The van der Waals surface area contributed by atoms with E-state index in [1.165, 1.54) is 11.9 Å². The predicted molar refractivity (Wildman–Crippen MR) is 129 cm³/mol. The molecule has 2 amide bonds. The Morgan fingerprint density at radius 1 is 1.06 bits per heavy atom. The summed E-state index contributed by atoms with van der Waals surface area (Å²) in [5.74, 6) is -0.934. The highest BCUT2D eigenvalue weighted by Gasteiger charge is 2.30. The second-order valence-corrected chi connectivity index (χ2v) is 10.3. The Labute approximate surface area is 199 Å². The lowest BCUT2D eigenvalue weighted by Gasteiger charge is -2.31. The minimum Gasteiger partial charge on any atom is -0.357 e. The first kappa shape index (κ1) is 26.0. The standard InChI is InChI=1S/C22H27Cl2N3O4S/c1-14-6-9-19(10-15(14)2)27(32(5,30)31)13-21(28)26(16(3)22(29)25-4)12-17-7-8-18(23)11-20(17)24/h6-11,16H,12-13H2,1-5H3,(H,25,29). The van der Waals surface area contributed by atoms with E-state index in [4.69, 9.17) is 23.2 Å². The third-order valence-electron chi connectivity index (χ3n) is 5.23. The number of carbonyl (C=O) groups excluding carboxylic acids is 2. The van der Waals surface area contributed by atoms with E-state index in [0.717, 1.165) is 21.7 Å². The minimum atomic E-state index is -3.77. The molecule has 10 heteroatoms. The third kappa shape index (κ3) is 6.37. The van der Waals surface area contributed by atoms with Gasteiger partial charge >= 0.3 is 0 Å². The molecule has 0 radical (unpaired) electrons. The highest BCUT2D eigenvalue weighted by atomic mass is 35.5. The van der Waals surface area contributed by atoms with Crippen LogP contribution in [0.25, 0.3) is 0 Å². The van der Waals surface area contributed by atoms with Gasteiger partial charge in [-0.05, 0) is 61.7 Å². The number of hydrogen-bond donors (Lipinski definition) is 1. The van der Waals surface area contributed by atoms with Crippen LogP contribution in [-0.4, -0.2) is 51.0 Å². The van der Waals surface area contributed by atoms with Crippen molar-refractivity contribution in [2.75, 3.05) is 24.2 Å². The van der Waals surface area contributed by atoms with E-state index in [1.807, 2.05) is 13.8 Å². The van der Waals surface area contributed by atoms with Crippen LogP contribution in [0.3, 0.4) is 0 Å². The van der Waals surface area contributed by atoms with Gasteiger partial charge in [0.2, 0.25) is 21.8 Å². The summed E-state index contributed by atoms with van der Waals surface area (Å²) < 4.78 is 26.1. The van der Waals surface area contributed by atoms with Crippen LogP contribution >= 0.6 is 23.2 Å². The number of rotatable bonds is 8. The predicted octanol–water partition coefficient (Wildman–Crippen LogP) is 3.54. The summed E-state index contributed by atoms with van der Waals surface area (Å²) in [5.41, 5.74) is 2.85. The molecule has 1 atom stereocenters. The molecule has 174 valence electrons. The van der Waals surface area contributed by atoms with Gasteiger partial charge in [0.1, 0.15) is 12.6 Å². The number of halogens is 2. The molecule has 7 nitrogen and oxygen atoms in total. The van der Waals surface area contributed by atoms with E-state index in [-0.39, 0.29) is 12.5 Å². The summed E-state index contributed by atoms with van der Waals surface area (Å²) in [6.45, 7) is 4.89. The second kappa shape index (κ2) is 10.6. The zero-order valence-electron chi connectivity index (χ0n) is 18.6. The molecule has 2 aromatic carbocycles. The number of benzene rings is 2. The molecule has 1 unspecified atom stereocenters. The average Bonchev–Trinajstić information content (AvgIpc) is 2.71. The highest BCUT2D eigenvalue weighted by Crippen LogP contribution is 2.25. The molecule has 2 aromatic rings. The molecule has 0 spiro atoms. The van der Waals surface area contributed by atoms with Gasteiger partial charge in [0.15, 0.2) is 0 Å². The lowest BCUT2D eigenvalue weighted by Crippen LogP contribution is -2.50. The van der Waals surface area contributed by atoms with Gasteiger partial charge in [-0.1, -0.05) is 35.3 Å². The molecule has 0 aromatic heterocycles. The monoisotopic (exact) mass is 499 g/mol. The van der Waals surface area contributed by atoms with Crippen LogP contribution in [0.1, 0.15) is 23.6 Å². The van der Waals surface area contributed by atoms with Crippen molar-refractivity contribution in [2.24, 2.45) is 0 Å². The number of nitrogens with one attached hydrogen (secondary N) is 1. The number of carbonyl (C=O) groups is 2. The van der Waals surface area contributed by atoms with Gasteiger partial charge in [-0.3, -0.25) is 13.9 Å². The largest absolute Gasteiger partial charge is 0.357 e. The first-order chi connectivity index (χ1) is 14.8. The SMILES string of the molecule is CNC(=O)C(C)N(Cc1ccc(Cl)cc1Cl)C(=O)CN(c1ccc(C)c(C)c1)S(C)(=O)=O. The van der Waals surface area contributed by atoms with E-state index < -0.39 is 28.5 Å². The van der Waals surface area contributed by atoms with Crippen molar-refractivity contribution in [3.63, 3.8) is 0 Å². The second-order valence-electron chi connectivity index (χ2n) is 7.59. The van der Waals surface area contributed by atoms with Crippen LogP contribution in [0.2, 0.25) is 10.0 Å². The summed E-state index contributed by atoms with van der Waals surface area (Å²) in [6, 6.07) is 9.15. The summed E-state index contributed by atoms with van der Waals surface area (Å²) in [4.78, 5) is 27.0. The first-order valence-corrected chi connectivity index (χ1v) is 12.5. The molecule has 0 fully saturated rings. The molecule has 2 rings (SSSR count). The molecule has 0 bridgehead atoms. The Kier molecular flexibility index (Phi) is 8.56. The summed E-state index contributed by atoms with van der Waals surface area (Å²) in [5, 5.41) is 3.30. The maximum atomic E-state index is 13.3. The van der Waals surface area contributed by atoms with E-state index in [0.29, 0.717) is 21.3 Å². The van der Waals surface area contributed by atoms with Crippen molar-refractivity contribution in [2.45, 2.75) is 33.4 Å². The molecular weight excluding hydrogens is 473 g/mol. The van der Waals surface area contributed by atoms with E-state index in [1.54, 1.807) is 43.3 Å². The number of aryl methyl sites for hydroxylation is 2. The smallest absolute Gasteiger partial charge is 0.244 e. The Morgan fingerprint density at radius 2 is 1.72 bits per heavy atom. The van der Waals surface area contributed by atoms with Crippen molar-refractivity contribution in [3.8, 4) is 0 Å². The van der Waals surface area contributed by atoms with E-state index in [9.17, 15) is 18.0 Å². The van der Waals surface area contributed by atoms with E-state index >= 15 is 0 Å². The Balaban J connectivity index is 2.43. The van der Waals surface area contributed by atoms with Gasteiger partial charge < -0.3 is 10.2 Å². The number of hydrogen-bond acceptors (Lipinski definition) is 4. The number of nitrogens with zero attached hydrogens (tertiary/aromatic N) is 2. The average molecular weight is 500 g/mol. The van der Waals surface area contributed by atoms with Crippen molar-refractivity contribution in [1.29, 1.82) is 0 Å². The topological polar surface area (TPSA) is 86.8 Å². The molecule has 0 saturated heterocycles. The van der Waals surface area contributed by atoms with Crippen LogP contribution in [-0.2, 0) is 26.2 Å². The Bertz CT molecular complexity index is 1120. The number of anilines is 1. The molecular formula is C22H27Cl2N3O4S. The molecule has 1 N–H and O–H groups in total. The Morgan fingerprint density at radius 3 is 2.25 bits per heavy atom. The lowest BCUT2D eigenvalue weighted by atomic mass is 10.1. The van der Waals surface area contributed by atoms with Crippen LogP contribution in [0.5, 0.6) is 0 Å². The normalized spacial score (nSPS) is 12.2. The maximum absolute atomic E-state index is 13.3. The number of amides is 2. The number of likely N-dealkylation sites (N-methyl/N-ethyl adjacent to an activating group) is 1. The zero-order valence-corrected chi connectivity index (χ0v) is 21.0. The summed E-state index contributed by atoms with van der Waals surface area (Å²) in [6.07, 6.45) is 1.04. The third-order valence-corrected chi connectivity index (χ3v) is 6.95. The number of sulfonamides is 1. The molecule has 0 aliphatic carbocycles. The van der Waals surface area contributed by atoms with Crippen LogP contribution < -0.4 is 9.62 Å². The van der Waals surface area contributed by atoms with Gasteiger partial charge in [0.25, 0.3) is 0 Å².